The number of rotatable bonds is 3. The van der Waals surface area contributed by atoms with Gasteiger partial charge in [-0.2, -0.15) is 5.10 Å². The molecule has 0 saturated carbocycles. The van der Waals surface area contributed by atoms with Crippen LogP contribution in [0.5, 0.6) is 0 Å². The van der Waals surface area contributed by atoms with Gasteiger partial charge in [-0.3, -0.25) is 9.58 Å². The second-order valence-electron chi connectivity index (χ2n) is 4.46. The van der Waals surface area contributed by atoms with Crippen LogP contribution in [0.1, 0.15) is 12.6 Å². The predicted octanol–water partition coefficient (Wildman–Crippen LogP) is 0.233. The molecule has 90 valence electrons. The number of nitrogen functional groups attached to an aromatic ring is 1. The van der Waals surface area contributed by atoms with Gasteiger partial charge in [0.1, 0.15) is 5.82 Å². The number of aromatic nitrogens is 2. The zero-order valence-corrected chi connectivity index (χ0v) is 10.2. The van der Waals surface area contributed by atoms with Crippen LogP contribution in [-0.2, 0) is 13.1 Å². The van der Waals surface area contributed by atoms with Gasteiger partial charge < -0.3 is 10.6 Å². The van der Waals surface area contributed by atoms with E-state index >= 15 is 0 Å². The normalized spacial score (nSPS) is 19.1. The van der Waals surface area contributed by atoms with Crippen LogP contribution in [0.15, 0.2) is 6.07 Å². The van der Waals surface area contributed by atoms with Gasteiger partial charge in [0.05, 0.1) is 5.69 Å². The second kappa shape index (κ2) is 4.84. The van der Waals surface area contributed by atoms with Gasteiger partial charge in [-0.1, -0.05) is 0 Å². The largest absolute Gasteiger partial charge is 0.382 e. The topological polar surface area (TPSA) is 50.3 Å². The number of anilines is 1. The molecule has 1 aliphatic heterocycles. The third kappa shape index (κ3) is 2.54. The molecule has 0 radical (unpaired) electrons. The summed E-state index contributed by atoms with van der Waals surface area (Å²) < 4.78 is 1.99. The lowest BCUT2D eigenvalue weighted by Crippen LogP contribution is -2.44. The minimum Gasteiger partial charge on any atom is -0.382 e. The summed E-state index contributed by atoms with van der Waals surface area (Å²) in [5, 5.41) is 4.27. The van der Waals surface area contributed by atoms with E-state index in [1.165, 1.54) is 5.69 Å². The van der Waals surface area contributed by atoms with Crippen LogP contribution in [0.2, 0.25) is 0 Å². The number of nitrogens with two attached hydrogens (primary N) is 1. The number of hydrogen-bond acceptors (Lipinski definition) is 4. The summed E-state index contributed by atoms with van der Waals surface area (Å²) in [5.41, 5.74) is 6.95. The highest BCUT2D eigenvalue weighted by molar-refractivity contribution is 5.29. The van der Waals surface area contributed by atoms with Crippen molar-refractivity contribution in [3.63, 3.8) is 0 Å². The molecule has 0 aliphatic carbocycles. The van der Waals surface area contributed by atoms with E-state index in [1.807, 2.05) is 10.7 Å². The van der Waals surface area contributed by atoms with E-state index in [0.717, 1.165) is 39.3 Å². The van der Waals surface area contributed by atoms with Crippen molar-refractivity contribution in [3.8, 4) is 0 Å². The Morgan fingerprint density at radius 1 is 1.31 bits per heavy atom. The molecule has 16 heavy (non-hydrogen) atoms. The fourth-order valence-electron chi connectivity index (χ4n) is 2.11. The van der Waals surface area contributed by atoms with Crippen molar-refractivity contribution < 1.29 is 0 Å². The Bertz CT molecular complexity index is 338. The van der Waals surface area contributed by atoms with Gasteiger partial charge in [0, 0.05) is 45.3 Å². The molecule has 1 aromatic rings. The van der Waals surface area contributed by atoms with Crippen molar-refractivity contribution >= 4 is 5.82 Å². The van der Waals surface area contributed by atoms with Crippen LogP contribution in [0.4, 0.5) is 5.82 Å². The molecule has 2 heterocycles. The molecule has 2 rings (SSSR count). The molecule has 0 atom stereocenters. The molecule has 1 fully saturated rings. The molecule has 0 amide bonds. The zero-order chi connectivity index (χ0) is 11.5. The van der Waals surface area contributed by atoms with Crippen LogP contribution < -0.4 is 5.73 Å². The molecule has 0 unspecified atom stereocenters. The number of likely N-dealkylation sites (N-methyl/N-ethyl adjacent to an activating group) is 1. The Balaban J connectivity index is 1.97. The summed E-state index contributed by atoms with van der Waals surface area (Å²) in [6.45, 7) is 8.51. The molecular formula is C11H21N5. The fraction of sp³-hybridized carbons (Fsp3) is 0.727. The van der Waals surface area contributed by atoms with Crippen LogP contribution in [0.3, 0.4) is 0 Å². The number of piperazine rings is 1. The van der Waals surface area contributed by atoms with E-state index < -0.39 is 0 Å². The summed E-state index contributed by atoms with van der Waals surface area (Å²) in [5.74, 6) is 0.631. The van der Waals surface area contributed by atoms with Crippen molar-refractivity contribution in [2.45, 2.75) is 20.0 Å². The standard InChI is InChI=1S/C11H21N5/c1-3-16-10(8-11(12)13-16)9-15-6-4-14(2)5-7-15/h8H,3-7,9H2,1-2H3,(H2,12,13). The average Bonchev–Trinajstić information content (AvgIpc) is 2.62. The van der Waals surface area contributed by atoms with Gasteiger partial charge in [-0.05, 0) is 14.0 Å². The maximum Gasteiger partial charge on any atom is 0.145 e. The van der Waals surface area contributed by atoms with Gasteiger partial charge in [-0.15, -0.1) is 0 Å². The molecule has 2 N–H and O–H groups in total. The summed E-state index contributed by atoms with van der Waals surface area (Å²) in [4.78, 5) is 4.82. The smallest absolute Gasteiger partial charge is 0.145 e. The first kappa shape index (κ1) is 11.4. The quantitative estimate of drug-likeness (QED) is 0.797. The first-order valence-corrected chi connectivity index (χ1v) is 5.92. The Hall–Kier alpha value is -1.07. The van der Waals surface area contributed by atoms with Gasteiger partial charge >= 0.3 is 0 Å². The predicted molar refractivity (Wildman–Crippen MR) is 65.1 cm³/mol. The average molecular weight is 223 g/mol. The van der Waals surface area contributed by atoms with Crippen molar-refractivity contribution in [1.82, 2.24) is 19.6 Å². The summed E-state index contributed by atoms with van der Waals surface area (Å²) in [6.07, 6.45) is 0. The number of hydrogen-bond donors (Lipinski definition) is 1. The SMILES string of the molecule is CCn1nc(N)cc1CN1CCN(C)CC1. The lowest BCUT2D eigenvalue weighted by molar-refractivity contribution is 0.145. The Labute approximate surface area is 96.8 Å². The van der Waals surface area contributed by atoms with Gasteiger partial charge in [0.15, 0.2) is 0 Å². The highest BCUT2D eigenvalue weighted by Gasteiger charge is 2.15. The van der Waals surface area contributed by atoms with Gasteiger partial charge in [0.2, 0.25) is 0 Å². The Morgan fingerprint density at radius 2 is 2.00 bits per heavy atom. The Morgan fingerprint density at radius 3 is 2.62 bits per heavy atom. The van der Waals surface area contributed by atoms with Crippen molar-refractivity contribution in [2.24, 2.45) is 0 Å². The third-order valence-electron chi connectivity index (χ3n) is 3.16. The zero-order valence-electron chi connectivity index (χ0n) is 10.2. The minimum atomic E-state index is 0.631. The Kier molecular flexibility index (Phi) is 3.46. The van der Waals surface area contributed by atoms with Crippen molar-refractivity contribution in [1.29, 1.82) is 0 Å². The van der Waals surface area contributed by atoms with Crippen LogP contribution >= 0.6 is 0 Å². The lowest BCUT2D eigenvalue weighted by atomic mass is 10.3. The van der Waals surface area contributed by atoms with Crippen molar-refractivity contribution in [3.05, 3.63) is 11.8 Å². The van der Waals surface area contributed by atoms with E-state index in [1.54, 1.807) is 0 Å². The van der Waals surface area contributed by atoms with Crippen LogP contribution in [0, 0.1) is 0 Å². The number of aryl methyl sites for hydroxylation is 1. The van der Waals surface area contributed by atoms with E-state index in [2.05, 4.69) is 28.9 Å². The second-order valence-corrected chi connectivity index (χ2v) is 4.46. The molecule has 0 bridgehead atoms. The van der Waals surface area contributed by atoms with Gasteiger partial charge in [-0.25, -0.2) is 0 Å². The molecule has 5 heteroatoms. The first-order valence-electron chi connectivity index (χ1n) is 5.92. The van der Waals surface area contributed by atoms with E-state index in [0.29, 0.717) is 5.82 Å². The van der Waals surface area contributed by atoms with E-state index in [9.17, 15) is 0 Å². The molecule has 1 aromatic heterocycles. The summed E-state index contributed by atoms with van der Waals surface area (Å²) in [7, 11) is 2.17. The van der Waals surface area contributed by atoms with E-state index in [-0.39, 0.29) is 0 Å². The monoisotopic (exact) mass is 223 g/mol. The fourth-order valence-corrected chi connectivity index (χ4v) is 2.11. The minimum absolute atomic E-state index is 0.631. The summed E-state index contributed by atoms with van der Waals surface area (Å²) >= 11 is 0. The highest BCUT2D eigenvalue weighted by atomic mass is 15.3. The van der Waals surface area contributed by atoms with Crippen molar-refractivity contribution in [2.75, 3.05) is 39.0 Å². The highest BCUT2D eigenvalue weighted by Crippen LogP contribution is 2.11. The molecule has 0 spiro atoms. The molecule has 1 aliphatic rings. The molecule has 1 saturated heterocycles. The van der Waals surface area contributed by atoms with E-state index in [4.69, 9.17) is 5.73 Å². The maximum atomic E-state index is 5.72. The number of nitrogens with zero attached hydrogens (tertiary/aromatic N) is 4. The maximum absolute atomic E-state index is 5.72. The van der Waals surface area contributed by atoms with Crippen LogP contribution in [0.25, 0.3) is 0 Å². The molecule has 5 nitrogen and oxygen atoms in total. The first-order chi connectivity index (χ1) is 7.69. The molecular weight excluding hydrogens is 202 g/mol. The third-order valence-corrected chi connectivity index (χ3v) is 3.16. The molecule has 0 aromatic carbocycles. The lowest BCUT2D eigenvalue weighted by Gasteiger charge is -2.32. The van der Waals surface area contributed by atoms with Gasteiger partial charge in [0.25, 0.3) is 0 Å². The summed E-state index contributed by atoms with van der Waals surface area (Å²) in [6, 6.07) is 1.99. The van der Waals surface area contributed by atoms with Crippen LogP contribution in [-0.4, -0.2) is 52.8 Å².